The van der Waals surface area contributed by atoms with Crippen LogP contribution in [0.2, 0.25) is 0 Å². The van der Waals surface area contributed by atoms with Crippen molar-refractivity contribution in [1.82, 2.24) is 0 Å². The van der Waals surface area contributed by atoms with Crippen molar-refractivity contribution in [3.8, 4) is 0 Å². The molecular formula is C14H18BFO4S. The molecule has 0 amide bonds. The first-order valence-corrected chi connectivity index (χ1v) is 8.15. The predicted octanol–water partition coefficient (Wildman–Crippen LogP) is 1.73. The van der Waals surface area contributed by atoms with Crippen molar-refractivity contribution in [2.75, 3.05) is 18.1 Å². The lowest BCUT2D eigenvalue weighted by Gasteiger charge is -2.07. The molecule has 0 saturated heterocycles. The van der Waals surface area contributed by atoms with Gasteiger partial charge in [-0.2, -0.15) is 11.8 Å². The van der Waals surface area contributed by atoms with Crippen LogP contribution in [-0.4, -0.2) is 36.2 Å². The van der Waals surface area contributed by atoms with Crippen LogP contribution in [0.1, 0.15) is 35.7 Å². The maximum absolute atomic E-state index is 13.9. The summed E-state index contributed by atoms with van der Waals surface area (Å²) in [4.78, 5) is 11.9. The molecular weight excluding hydrogens is 294 g/mol. The minimum Gasteiger partial charge on any atom is -0.461 e. The third-order valence-corrected chi connectivity index (χ3v) is 4.25. The van der Waals surface area contributed by atoms with Crippen molar-refractivity contribution in [1.29, 1.82) is 0 Å². The zero-order valence-electron chi connectivity index (χ0n) is 11.9. The number of halogens is 1. The molecule has 2 rings (SSSR count). The minimum absolute atomic E-state index is 0.150. The van der Waals surface area contributed by atoms with E-state index in [1.807, 2.05) is 0 Å². The summed E-state index contributed by atoms with van der Waals surface area (Å²) in [6, 6.07) is 2.53. The number of benzene rings is 1. The van der Waals surface area contributed by atoms with Crippen molar-refractivity contribution >= 4 is 30.3 Å². The summed E-state index contributed by atoms with van der Waals surface area (Å²) in [6.07, 6.45) is 2.27. The Morgan fingerprint density at radius 2 is 2.33 bits per heavy atom. The Labute approximate surface area is 128 Å². The number of carbonyl (C=O) groups excluding carboxylic acids is 1. The van der Waals surface area contributed by atoms with E-state index < -0.39 is 18.9 Å². The van der Waals surface area contributed by atoms with E-state index in [1.165, 1.54) is 12.1 Å². The second kappa shape index (κ2) is 7.82. The third kappa shape index (κ3) is 4.21. The van der Waals surface area contributed by atoms with E-state index in [-0.39, 0.29) is 18.8 Å². The van der Waals surface area contributed by atoms with E-state index in [0.717, 1.165) is 18.6 Å². The second-order valence-electron chi connectivity index (χ2n) is 4.80. The molecule has 0 spiro atoms. The highest BCUT2D eigenvalue weighted by Crippen LogP contribution is 2.16. The Bertz CT molecular complexity index is 512. The Balaban J connectivity index is 1.89. The topological polar surface area (TPSA) is 55.8 Å². The average Bonchev–Trinajstić information content (AvgIpc) is 2.82. The van der Waals surface area contributed by atoms with Crippen LogP contribution in [0.25, 0.3) is 0 Å². The maximum atomic E-state index is 13.9. The zero-order valence-corrected chi connectivity index (χ0v) is 12.7. The van der Waals surface area contributed by atoms with Crippen molar-refractivity contribution < 1.29 is 23.6 Å². The van der Waals surface area contributed by atoms with E-state index in [0.29, 0.717) is 16.8 Å². The summed E-state index contributed by atoms with van der Waals surface area (Å²) < 4.78 is 23.9. The van der Waals surface area contributed by atoms with Crippen molar-refractivity contribution in [3.05, 3.63) is 29.1 Å². The van der Waals surface area contributed by atoms with Gasteiger partial charge in [0.2, 0.25) is 0 Å². The molecule has 0 fully saturated rings. The number of thioether (sulfide) groups is 1. The van der Waals surface area contributed by atoms with Crippen LogP contribution in [0.3, 0.4) is 0 Å². The van der Waals surface area contributed by atoms with Crippen LogP contribution in [0, 0.1) is 5.82 Å². The molecule has 1 heterocycles. The van der Waals surface area contributed by atoms with Gasteiger partial charge < -0.3 is 14.4 Å². The summed E-state index contributed by atoms with van der Waals surface area (Å²) in [5.41, 5.74) is 0.837. The highest BCUT2D eigenvalue weighted by Gasteiger charge is 2.30. The maximum Gasteiger partial charge on any atom is 0.491 e. The van der Waals surface area contributed by atoms with Crippen LogP contribution in [-0.2, 0) is 16.0 Å². The Hall–Kier alpha value is -1.05. The standard InChI is InChI=1S/C14H18BFO4S/c1-2-3-5-21-6-4-19-14(17)11-8-12-10(7-13(11)16)9-20-15(12)18/h7-8,18H,2-6,9H2,1H3. The van der Waals surface area contributed by atoms with Crippen LogP contribution in [0.5, 0.6) is 0 Å². The van der Waals surface area contributed by atoms with Gasteiger partial charge in [0.1, 0.15) is 12.4 Å². The molecule has 0 aromatic heterocycles. The van der Waals surface area contributed by atoms with Gasteiger partial charge in [0, 0.05) is 5.75 Å². The molecule has 4 nitrogen and oxygen atoms in total. The fraction of sp³-hybridized carbons (Fsp3) is 0.500. The zero-order chi connectivity index (χ0) is 15.2. The molecule has 1 aromatic carbocycles. The quantitative estimate of drug-likeness (QED) is 0.472. The smallest absolute Gasteiger partial charge is 0.461 e. The van der Waals surface area contributed by atoms with Crippen LogP contribution in [0.15, 0.2) is 12.1 Å². The van der Waals surface area contributed by atoms with Crippen molar-refractivity contribution in [3.63, 3.8) is 0 Å². The lowest BCUT2D eigenvalue weighted by atomic mass is 9.78. The van der Waals surface area contributed by atoms with E-state index in [9.17, 15) is 14.2 Å². The first-order valence-electron chi connectivity index (χ1n) is 7.00. The van der Waals surface area contributed by atoms with E-state index in [4.69, 9.17) is 9.39 Å². The van der Waals surface area contributed by atoms with E-state index in [2.05, 4.69) is 6.92 Å². The van der Waals surface area contributed by atoms with Gasteiger partial charge in [-0.1, -0.05) is 13.3 Å². The van der Waals surface area contributed by atoms with Gasteiger partial charge in [-0.15, -0.1) is 0 Å². The SMILES string of the molecule is CCCCSCCOC(=O)c1cc2c(cc1F)COB2O. The van der Waals surface area contributed by atoms with Gasteiger partial charge in [-0.25, -0.2) is 9.18 Å². The van der Waals surface area contributed by atoms with Crippen LogP contribution >= 0.6 is 11.8 Å². The van der Waals surface area contributed by atoms with Crippen LogP contribution < -0.4 is 5.46 Å². The summed E-state index contributed by atoms with van der Waals surface area (Å²) in [5.74, 6) is 0.384. The number of ether oxygens (including phenoxy) is 1. The molecule has 1 aromatic rings. The van der Waals surface area contributed by atoms with Crippen LogP contribution in [0.4, 0.5) is 4.39 Å². The molecule has 21 heavy (non-hydrogen) atoms. The number of hydrogen-bond acceptors (Lipinski definition) is 5. The van der Waals surface area contributed by atoms with E-state index >= 15 is 0 Å². The first-order chi connectivity index (χ1) is 10.1. The van der Waals surface area contributed by atoms with Crippen molar-refractivity contribution in [2.24, 2.45) is 0 Å². The molecule has 0 saturated carbocycles. The minimum atomic E-state index is -1.10. The second-order valence-corrected chi connectivity index (χ2v) is 6.02. The Morgan fingerprint density at radius 1 is 1.52 bits per heavy atom. The lowest BCUT2D eigenvalue weighted by Crippen LogP contribution is -2.29. The summed E-state index contributed by atoms with van der Waals surface area (Å²) in [5, 5.41) is 9.57. The number of fused-ring (bicyclic) bond motifs is 1. The number of carbonyl (C=O) groups is 1. The summed E-state index contributed by atoms with van der Waals surface area (Å²) in [7, 11) is -1.10. The molecule has 0 atom stereocenters. The normalized spacial score (nSPS) is 13.4. The molecule has 0 radical (unpaired) electrons. The fourth-order valence-corrected chi connectivity index (χ4v) is 2.92. The molecule has 0 aliphatic carbocycles. The highest BCUT2D eigenvalue weighted by molar-refractivity contribution is 7.99. The highest BCUT2D eigenvalue weighted by atomic mass is 32.2. The molecule has 1 aliphatic heterocycles. The molecule has 7 heteroatoms. The number of unbranched alkanes of at least 4 members (excludes halogenated alkanes) is 1. The predicted molar refractivity (Wildman–Crippen MR) is 81.3 cm³/mol. The number of rotatable bonds is 7. The molecule has 1 aliphatic rings. The summed E-state index contributed by atoms with van der Waals surface area (Å²) >= 11 is 1.71. The summed E-state index contributed by atoms with van der Waals surface area (Å²) in [6.45, 7) is 2.52. The van der Waals surface area contributed by atoms with Gasteiger partial charge in [0.25, 0.3) is 0 Å². The molecule has 0 unspecified atom stereocenters. The van der Waals surface area contributed by atoms with Crippen molar-refractivity contribution in [2.45, 2.75) is 26.4 Å². The number of esters is 1. The Kier molecular flexibility index (Phi) is 6.08. The van der Waals surface area contributed by atoms with Gasteiger partial charge in [-0.05, 0) is 35.3 Å². The number of hydrogen-bond donors (Lipinski definition) is 1. The molecule has 114 valence electrons. The van der Waals surface area contributed by atoms with Gasteiger partial charge in [0.15, 0.2) is 0 Å². The monoisotopic (exact) mass is 312 g/mol. The average molecular weight is 312 g/mol. The van der Waals surface area contributed by atoms with Gasteiger partial charge >= 0.3 is 13.1 Å². The Morgan fingerprint density at radius 3 is 3.10 bits per heavy atom. The molecule has 1 N–H and O–H groups in total. The van der Waals surface area contributed by atoms with Gasteiger partial charge in [-0.3, -0.25) is 0 Å². The largest absolute Gasteiger partial charge is 0.491 e. The van der Waals surface area contributed by atoms with E-state index in [1.54, 1.807) is 11.8 Å². The lowest BCUT2D eigenvalue weighted by molar-refractivity contribution is 0.0525. The third-order valence-electron chi connectivity index (χ3n) is 3.21. The van der Waals surface area contributed by atoms with Gasteiger partial charge in [0.05, 0.1) is 12.2 Å². The first kappa shape index (κ1) is 16.3. The molecule has 0 bridgehead atoms. The fourth-order valence-electron chi connectivity index (χ4n) is 2.02.